The summed E-state index contributed by atoms with van der Waals surface area (Å²) in [4.78, 5) is 12.1. The molecule has 1 saturated carbocycles. The number of halogens is 5. The van der Waals surface area contributed by atoms with Gasteiger partial charge in [-0.1, -0.05) is 18.9 Å². The van der Waals surface area contributed by atoms with Crippen LogP contribution in [0.2, 0.25) is 0 Å². The number of ketones is 1. The van der Waals surface area contributed by atoms with Crippen LogP contribution in [0.25, 0.3) is 0 Å². The number of Topliss-reactive ketones (excluding diaryl/α,β-unsaturated/α-hetero) is 1. The van der Waals surface area contributed by atoms with Gasteiger partial charge in [-0.15, -0.1) is 0 Å². The number of hydrogen-bond acceptors (Lipinski definition) is 1. The molecule has 20 heavy (non-hydrogen) atoms. The molecule has 110 valence electrons. The maximum absolute atomic E-state index is 13.6. The van der Waals surface area contributed by atoms with Gasteiger partial charge in [-0.2, -0.15) is 13.2 Å². The number of carbonyl (C=O) groups excluding carboxylic acids is 1. The van der Waals surface area contributed by atoms with E-state index in [1.54, 1.807) is 0 Å². The first-order valence-electron chi connectivity index (χ1n) is 6.37. The van der Waals surface area contributed by atoms with Gasteiger partial charge in [0.1, 0.15) is 0 Å². The van der Waals surface area contributed by atoms with Crippen molar-refractivity contribution in [1.82, 2.24) is 0 Å². The minimum absolute atomic E-state index is 0.0545. The first kappa shape index (κ1) is 14.9. The molecule has 1 aromatic rings. The third-order valence-electron chi connectivity index (χ3n) is 3.74. The number of benzene rings is 1. The summed E-state index contributed by atoms with van der Waals surface area (Å²) in [5.41, 5.74) is -0.592. The Bertz CT molecular complexity index is 509. The van der Waals surface area contributed by atoms with Crippen LogP contribution in [0.4, 0.5) is 22.0 Å². The maximum atomic E-state index is 13.6. The number of hydrogen-bond donors (Lipinski definition) is 0. The second kappa shape index (κ2) is 5.50. The predicted molar refractivity (Wildman–Crippen MR) is 62.2 cm³/mol. The Labute approximate surface area is 112 Å². The van der Waals surface area contributed by atoms with E-state index < -0.39 is 41.0 Å². The first-order valence-corrected chi connectivity index (χ1v) is 6.37. The summed E-state index contributed by atoms with van der Waals surface area (Å²) in [5, 5.41) is 0. The van der Waals surface area contributed by atoms with Crippen molar-refractivity contribution in [3.05, 3.63) is 35.4 Å². The van der Waals surface area contributed by atoms with Gasteiger partial charge in [0.2, 0.25) is 0 Å². The van der Waals surface area contributed by atoms with Crippen LogP contribution in [0.15, 0.2) is 18.2 Å². The molecule has 1 fully saturated rings. The van der Waals surface area contributed by atoms with E-state index in [4.69, 9.17) is 0 Å². The topological polar surface area (TPSA) is 17.1 Å². The molecule has 1 aromatic carbocycles. The standard InChI is InChI=1S/C14H13F5O/c15-11-7-3-5-9(12(11)16)13(20)8-4-1-2-6-10(8)14(17,18)19/h3,5,7-8,10H,1-2,4,6H2. The van der Waals surface area contributed by atoms with E-state index in [0.717, 1.165) is 18.2 Å². The fourth-order valence-corrected chi connectivity index (χ4v) is 2.73. The van der Waals surface area contributed by atoms with Gasteiger partial charge in [-0.25, -0.2) is 8.78 Å². The average Bonchev–Trinajstić information content (AvgIpc) is 2.40. The molecule has 6 heteroatoms. The molecule has 0 saturated heterocycles. The van der Waals surface area contributed by atoms with E-state index in [1.165, 1.54) is 0 Å². The minimum atomic E-state index is -4.50. The van der Waals surface area contributed by atoms with Crippen LogP contribution in [0.5, 0.6) is 0 Å². The molecule has 1 aliphatic carbocycles. The van der Waals surface area contributed by atoms with Crippen LogP contribution in [-0.2, 0) is 0 Å². The van der Waals surface area contributed by atoms with E-state index in [1.807, 2.05) is 0 Å². The quantitative estimate of drug-likeness (QED) is 0.578. The molecule has 2 atom stereocenters. The molecule has 0 amide bonds. The highest BCUT2D eigenvalue weighted by molar-refractivity contribution is 5.98. The molecular formula is C14H13F5O. The number of rotatable bonds is 2. The highest BCUT2D eigenvalue weighted by atomic mass is 19.4. The zero-order valence-corrected chi connectivity index (χ0v) is 10.5. The van der Waals surface area contributed by atoms with Crippen LogP contribution in [0.3, 0.4) is 0 Å². The van der Waals surface area contributed by atoms with Crippen molar-refractivity contribution in [2.24, 2.45) is 11.8 Å². The van der Waals surface area contributed by atoms with Crippen molar-refractivity contribution in [3.63, 3.8) is 0 Å². The zero-order valence-electron chi connectivity index (χ0n) is 10.5. The van der Waals surface area contributed by atoms with Crippen LogP contribution in [0, 0.1) is 23.5 Å². The van der Waals surface area contributed by atoms with Crippen molar-refractivity contribution in [2.45, 2.75) is 31.9 Å². The summed E-state index contributed by atoms with van der Waals surface area (Å²) in [5.74, 6) is -6.64. The van der Waals surface area contributed by atoms with E-state index in [-0.39, 0.29) is 12.8 Å². The SMILES string of the molecule is O=C(c1cccc(F)c1F)C1CCCCC1C(F)(F)F. The van der Waals surface area contributed by atoms with Gasteiger partial charge in [-0.05, 0) is 25.0 Å². The van der Waals surface area contributed by atoms with Gasteiger partial charge in [-0.3, -0.25) is 4.79 Å². The molecule has 0 aliphatic heterocycles. The first-order chi connectivity index (χ1) is 9.32. The maximum Gasteiger partial charge on any atom is 0.392 e. The van der Waals surface area contributed by atoms with Crippen LogP contribution in [0.1, 0.15) is 36.0 Å². The molecular weight excluding hydrogens is 279 g/mol. The summed E-state index contributed by atoms with van der Waals surface area (Å²) in [6.07, 6.45) is -3.71. The Hall–Kier alpha value is -1.46. The fourth-order valence-electron chi connectivity index (χ4n) is 2.73. The van der Waals surface area contributed by atoms with E-state index >= 15 is 0 Å². The summed E-state index contributed by atoms with van der Waals surface area (Å²) in [6, 6.07) is 2.98. The second-order valence-corrected chi connectivity index (χ2v) is 5.00. The minimum Gasteiger partial charge on any atom is -0.294 e. The van der Waals surface area contributed by atoms with Gasteiger partial charge in [0, 0.05) is 5.92 Å². The Morgan fingerprint density at radius 3 is 2.40 bits per heavy atom. The molecule has 2 unspecified atom stereocenters. The number of alkyl halides is 3. The lowest BCUT2D eigenvalue weighted by atomic mass is 9.75. The Morgan fingerprint density at radius 2 is 1.75 bits per heavy atom. The Balaban J connectivity index is 2.33. The molecule has 0 radical (unpaired) electrons. The highest BCUT2D eigenvalue weighted by Gasteiger charge is 2.48. The molecule has 0 spiro atoms. The van der Waals surface area contributed by atoms with Crippen LogP contribution >= 0.6 is 0 Å². The average molecular weight is 292 g/mol. The monoisotopic (exact) mass is 292 g/mol. The van der Waals surface area contributed by atoms with Gasteiger partial charge >= 0.3 is 6.18 Å². The lowest BCUT2D eigenvalue weighted by Gasteiger charge is -2.32. The van der Waals surface area contributed by atoms with E-state index in [2.05, 4.69) is 0 Å². The summed E-state index contributed by atoms with van der Waals surface area (Å²) in [7, 11) is 0. The molecule has 1 aliphatic rings. The molecule has 0 aromatic heterocycles. The summed E-state index contributed by atoms with van der Waals surface area (Å²) < 4.78 is 65.4. The third kappa shape index (κ3) is 2.83. The fraction of sp³-hybridized carbons (Fsp3) is 0.500. The number of carbonyl (C=O) groups is 1. The lowest BCUT2D eigenvalue weighted by Crippen LogP contribution is -2.37. The molecule has 0 N–H and O–H groups in total. The zero-order chi connectivity index (χ0) is 14.9. The molecule has 0 bridgehead atoms. The molecule has 2 rings (SSSR count). The van der Waals surface area contributed by atoms with E-state index in [0.29, 0.717) is 12.8 Å². The summed E-state index contributed by atoms with van der Waals surface area (Å²) in [6.45, 7) is 0. The van der Waals surface area contributed by atoms with Crippen LogP contribution < -0.4 is 0 Å². The van der Waals surface area contributed by atoms with Gasteiger partial charge in [0.25, 0.3) is 0 Å². The normalized spacial score (nSPS) is 23.6. The lowest BCUT2D eigenvalue weighted by molar-refractivity contribution is -0.190. The molecule has 1 nitrogen and oxygen atoms in total. The molecule has 0 heterocycles. The van der Waals surface area contributed by atoms with Crippen molar-refractivity contribution >= 4 is 5.78 Å². The predicted octanol–water partition coefficient (Wildman–Crippen LogP) is 4.52. The van der Waals surface area contributed by atoms with Crippen molar-refractivity contribution in [1.29, 1.82) is 0 Å². The van der Waals surface area contributed by atoms with Gasteiger partial charge in [0.05, 0.1) is 11.5 Å². The third-order valence-corrected chi connectivity index (χ3v) is 3.74. The van der Waals surface area contributed by atoms with Crippen molar-refractivity contribution in [2.75, 3.05) is 0 Å². The van der Waals surface area contributed by atoms with Gasteiger partial charge in [0.15, 0.2) is 17.4 Å². The van der Waals surface area contributed by atoms with Crippen molar-refractivity contribution < 1.29 is 26.7 Å². The summed E-state index contributed by atoms with van der Waals surface area (Å²) >= 11 is 0. The second-order valence-electron chi connectivity index (χ2n) is 5.00. The highest BCUT2D eigenvalue weighted by Crippen LogP contribution is 2.42. The van der Waals surface area contributed by atoms with Gasteiger partial charge < -0.3 is 0 Å². The van der Waals surface area contributed by atoms with E-state index in [9.17, 15) is 26.7 Å². The van der Waals surface area contributed by atoms with Crippen molar-refractivity contribution in [3.8, 4) is 0 Å². The Morgan fingerprint density at radius 1 is 1.10 bits per heavy atom. The smallest absolute Gasteiger partial charge is 0.294 e. The van der Waals surface area contributed by atoms with Crippen LogP contribution in [-0.4, -0.2) is 12.0 Å². The largest absolute Gasteiger partial charge is 0.392 e. The Kier molecular flexibility index (Phi) is 4.11.